The van der Waals surface area contributed by atoms with E-state index < -0.39 is 0 Å². The summed E-state index contributed by atoms with van der Waals surface area (Å²) < 4.78 is 0. The van der Waals surface area contributed by atoms with Crippen LogP contribution in [0.4, 0.5) is 0 Å². The van der Waals surface area contributed by atoms with Crippen LogP contribution in [0.3, 0.4) is 0 Å². The normalized spacial score (nSPS) is 11.5. The number of aromatic hydroxyl groups is 2. The number of aliphatic imine (C=N–C) groups is 2. The molecule has 4 heteroatoms. The number of benzene rings is 2. The van der Waals surface area contributed by atoms with Crippen LogP contribution in [-0.2, 0) is 0 Å². The molecule has 0 heterocycles. The first-order valence-corrected chi connectivity index (χ1v) is 6.74. The number of para-hydroxylation sites is 1. The van der Waals surface area contributed by atoms with Crippen molar-refractivity contribution in [2.75, 3.05) is 13.1 Å². The Bertz CT molecular complexity index is 664. The van der Waals surface area contributed by atoms with Crippen LogP contribution in [0.5, 0.6) is 11.5 Å². The third-order valence-electron chi connectivity index (χ3n) is 2.94. The van der Waals surface area contributed by atoms with Gasteiger partial charge in [-0.05, 0) is 31.2 Å². The molecule has 0 bridgehead atoms. The molecule has 0 aromatic heterocycles. The molecular weight excluding hydrogens is 264 g/mol. The fourth-order valence-corrected chi connectivity index (χ4v) is 1.82. The minimum Gasteiger partial charge on any atom is -0.507 e. The maximum atomic E-state index is 9.67. The Balaban J connectivity index is 1.86. The highest BCUT2D eigenvalue weighted by atomic mass is 16.3. The van der Waals surface area contributed by atoms with Gasteiger partial charge in [0.1, 0.15) is 11.5 Å². The first kappa shape index (κ1) is 14.8. The second-order valence-corrected chi connectivity index (χ2v) is 4.69. The quantitative estimate of drug-likeness (QED) is 0.654. The van der Waals surface area contributed by atoms with Crippen LogP contribution in [0, 0.1) is 6.92 Å². The van der Waals surface area contributed by atoms with Gasteiger partial charge in [0.05, 0.1) is 13.1 Å². The van der Waals surface area contributed by atoms with Crippen molar-refractivity contribution in [2.45, 2.75) is 6.92 Å². The SMILES string of the molecule is Cc1ccc(O)c(C=NCCN=Cc2ccccc2O)c1. The zero-order valence-corrected chi connectivity index (χ0v) is 11.9. The number of aryl methyl sites for hydroxylation is 1. The Hall–Kier alpha value is -2.62. The highest BCUT2D eigenvalue weighted by Crippen LogP contribution is 2.15. The molecule has 0 aliphatic heterocycles. The lowest BCUT2D eigenvalue weighted by Crippen LogP contribution is -1.91. The molecular formula is C17H18N2O2. The molecule has 21 heavy (non-hydrogen) atoms. The van der Waals surface area contributed by atoms with Crippen LogP contribution >= 0.6 is 0 Å². The molecule has 0 amide bonds. The lowest BCUT2D eigenvalue weighted by atomic mass is 10.1. The van der Waals surface area contributed by atoms with E-state index in [-0.39, 0.29) is 11.5 Å². The summed E-state index contributed by atoms with van der Waals surface area (Å²) in [6.07, 6.45) is 3.28. The predicted octanol–water partition coefficient (Wildman–Crippen LogP) is 2.94. The van der Waals surface area contributed by atoms with E-state index >= 15 is 0 Å². The first-order valence-electron chi connectivity index (χ1n) is 6.74. The number of rotatable bonds is 5. The van der Waals surface area contributed by atoms with Gasteiger partial charge in [-0.25, -0.2) is 0 Å². The van der Waals surface area contributed by atoms with Crippen molar-refractivity contribution in [3.63, 3.8) is 0 Å². The molecule has 2 aromatic rings. The van der Waals surface area contributed by atoms with Crippen LogP contribution in [0.1, 0.15) is 16.7 Å². The summed E-state index contributed by atoms with van der Waals surface area (Å²) >= 11 is 0. The fourth-order valence-electron chi connectivity index (χ4n) is 1.82. The average Bonchev–Trinajstić information content (AvgIpc) is 2.48. The van der Waals surface area contributed by atoms with E-state index in [0.717, 1.165) is 5.56 Å². The largest absolute Gasteiger partial charge is 0.507 e. The molecule has 0 unspecified atom stereocenters. The molecule has 0 radical (unpaired) electrons. The highest BCUT2D eigenvalue weighted by Gasteiger charge is 1.97. The minimum atomic E-state index is 0.217. The summed E-state index contributed by atoms with van der Waals surface area (Å²) in [5.74, 6) is 0.441. The van der Waals surface area contributed by atoms with E-state index in [0.29, 0.717) is 24.2 Å². The average molecular weight is 282 g/mol. The number of phenols is 2. The lowest BCUT2D eigenvalue weighted by molar-refractivity contribution is 0.474. The number of phenolic OH excluding ortho intramolecular Hbond substituents is 2. The van der Waals surface area contributed by atoms with Gasteiger partial charge in [0.15, 0.2) is 0 Å². The van der Waals surface area contributed by atoms with E-state index in [2.05, 4.69) is 9.98 Å². The van der Waals surface area contributed by atoms with E-state index in [1.807, 2.05) is 25.1 Å². The second-order valence-electron chi connectivity index (χ2n) is 4.69. The number of nitrogens with zero attached hydrogens (tertiary/aromatic N) is 2. The molecule has 2 N–H and O–H groups in total. The number of hydrogen-bond acceptors (Lipinski definition) is 4. The minimum absolute atomic E-state index is 0.217. The van der Waals surface area contributed by atoms with Crippen LogP contribution in [0.2, 0.25) is 0 Å². The lowest BCUT2D eigenvalue weighted by Gasteiger charge is -1.99. The van der Waals surface area contributed by atoms with Crippen molar-refractivity contribution in [1.82, 2.24) is 0 Å². The molecule has 0 saturated carbocycles. The predicted molar refractivity (Wildman–Crippen MR) is 85.9 cm³/mol. The maximum absolute atomic E-state index is 9.67. The first-order chi connectivity index (χ1) is 10.2. The van der Waals surface area contributed by atoms with Crippen molar-refractivity contribution >= 4 is 12.4 Å². The third-order valence-corrected chi connectivity index (χ3v) is 2.94. The molecule has 0 aliphatic carbocycles. The molecule has 2 aromatic carbocycles. The highest BCUT2D eigenvalue weighted by molar-refractivity contribution is 5.84. The summed E-state index contributed by atoms with van der Waals surface area (Å²) in [5, 5.41) is 19.2. The molecule has 0 spiro atoms. The van der Waals surface area contributed by atoms with E-state index in [1.54, 1.807) is 36.7 Å². The van der Waals surface area contributed by atoms with Gasteiger partial charge in [-0.3, -0.25) is 9.98 Å². The van der Waals surface area contributed by atoms with Gasteiger partial charge in [-0.15, -0.1) is 0 Å². The Morgan fingerprint density at radius 1 is 0.857 bits per heavy atom. The second kappa shape index (κ2) is 7.24. The Morgan fingerprint density at radius 3 is 2.19 bits per heavy atom. The van der Waals surface area contributed by atoms with Gasteiger partial charge < -0.3 is 10.2 Å². The Morgan fingerprint density at radius 2 is 1.48 bits per heavy atom. The topological polar surface area (TPSA) is 65.2 Å². The monoisotopic (exact) mass is 282 g/mol. The van der Waals surface area contributed by atoms with Crippen molar-refractivity contribution in [1.29, 1.82) is 0 Å². The van der Waals surface area contributed by atoms with Crippen molar-refractivity contribution in [3.8, 4) is 11.5 Å². The van der Waals surface area contributed by atoms with Crippen molar-refractivity contribution in [2.24, 2.45) is 9.98 Å². The summed E-state index contributed by atoms with van der Waals surface area (Å²) in [7, 11) is 0. The van der Waals surface area contributed by atoms with Crippen LogP contribution < -0.4 is 0 Å². The summed E-state index contributed by atoms with van der Waals surface area (Å²) in [6.45, 7) is 3.02. The van der Waals surface area contributed by atoms with Crippen LogP contribution in [-0.4, -0.2) is 35.7 Å². The van der Waals surface area contributed by atoms with Crippen molar-refractivity contribution < 1.29 is 10.2 Å². The molecule has 4 nitrogen and oxygen atoms in total. The van der Waals surface area contributed by atoms with Gasteiger partial charge in [-0.2, -0.15) is 0 Å². The van der Waals surface area contributed by atoms with Gasteiger partial charge in [-0.1, -0.05) is 23.8 Å². The zero-order valence-electron chi connectivity index (χ0n) is 11.9. The summed E-state index contributed by atoms with van der Waals surface area (Å²) in [5.41, 5.74) is 2.48. The summed E-state index contributed by atoms with van der Waals surface area (Å²) in [6, 6.07) is 12.4. The maximum Gasteiger partial charge on any atom is 0.124 e. The smallest absolute Gasteiger partial charge is 0.124 e. The van der Waals surface area contributed by atoms with Gasteiger partial charge >= 0.3 is 0 Å². The fraction of sp³-hybridized carbons (Fsp3) is 0.176. The standard InChI is InChI=1S/C17H18N2O2/c1-13-6-7-17(21)15(10-13)12-19-9-8-18-11-14-4-2-3-5-16(14)20/h2-7,10-12,20-21H,8-9H2,1H3. The molecule has 2 rings (SSSR count). The zero-order chi connectivity index (χ0) is 15.1. The molecule has 0 saturated heterocycles. The number of hydrogen-bond donors (Lipinski definition) is 2. The van der Waals surface area contributed by atoms with E-state index in [4.69, 9.17) is 0 Å². The van der Waals surface area contributed by atoms with E-state index in [9.17, 15) is 10.2 Å². The molecule has 108 valence electrons. The summed E-state index contributed by atoms with van der Waals surface area (Å²) in [4.78, 5) is 8.45. The van der Waals surface area contributed by atoms with Crippen molar-refractivity contribution in [3.05, 3.63) is 59.2 Å². The van der Waals surface area contributed by atoms with Gasteiger partial charge in [0.2, 0.25) is 0 Å². The Labute approximate surface area is 124 Å². The van der Waals surface area contributed by atoms with Gasteiger partial charge in [0, 0.05) is 23.6 Å². The molecule has 0 fully saturated rings. The van der Waals surface area contributed by atoms with E-state index in [1.165, 1.54) is 0 Å². The Kier molecular flexibility index (Phi) is 5.10. The molecule has 0 aliphatic rings. The van der Waals surface area contributed by atoms with Crippen LogP contribution in [0.25, 0.3) is 0 Å². The third kappa shape index (κ3) is 4.45. The molecule has 0 atom stereocenters. The van der Waals surface area contributed by atoms with Crippen LogP contribution in [0.15, 0.2) is 52.4 Å². The van der Waals surface area contributed by atoms with Gasteiger partial charge in [0.25, 0.3) is 0 Å².